The van der Waals surface area contributed by atoms with Gasteiger partial charge in [0.05, 0.1) is 5.56 Å². The number of nitrogens with zero attached hydrogens (tertiary/aromatic N) is 4. The quantitative estimate of drug-likeness (QED) is 0.705. The summed E-state index contributed by atoms with van der Waals surface area (Å²) in [6, 6.07) is 5.88. The minimum Gasteiger partial charge on any atom is -0.365 e. The molecule has 0 aliphatic rings. The fraction of sp³-hybridized carbons (Fsp3) is 0.353. The van der Waals surface area contributed by atoms with E-state index in [2.05, 4.69) is 20.6 Å². The van der Waals surface area contributed by atoms with Gasteiger partial charge in [0.15, 0.2) is 11.5 Å². The van der Waals surface area contributed by atoms with E-state index >= 15 is 0 Å². The fourth-order valence-electron chi connectivity index (χ4n) is 2.50. The van der Waals surface area contributed by atoms with Crippen LogP contribution in [0.3, 0.4) is 0 Å². The predicted molar refractivity (Wildman–Crippen MR) is 88.2 cm³/mol. The van der Waals surface area contributed by atoms with Crippen LogP contribution in [0.25, 0.3) is 5.65 Å². The Morgan fingerprint density at radius 2 is 1.77 bits per heavy atom. The highest BCUT2D eigenvalue weighted by atomic mass is 19.4. The summed E-state index contributed by atoms with van der Waals surface area (Å²) in [5.41, 5.74) is -0.838. The highest BCUT2D eigenvalue weighted by Gasteiger charge is 2.33. The van der Waals surface area contributed by atoms with Gasteiger partial charge in [0, 0.05) is 12.0 Å². The number of hydrogen-bond acceptors (Lipinski definition) is 4. The first kappa shape index (κ1) is 18.1. The van der Waals surface area contributed by atoms with E-state index in [4.69, 9.17) is 0 Å². The number of benzene rings is 1. The lowest BCUT2D eigenvalue weighted by Crippen LogP contribution is -2.18. The summed E-state index contributed by atoms with van der Waals surface area (Å²) in [5, 5.41) is 15.3. The molecular weight excluding hydrogens is 350 g/mol. The molecule has 0 unspecified atom stereocenters. The van der Waals surface area contributed by atoms with Gasteiger partial charge in [0.25, 0.3) is 0 Å². The van der Waals surface area contributed by atoms with Gasteiger partial charge in [0.2, 0.25) is 0 Å². The number of anilines is 1. The Hall–Kier alpha value is -2.71. The third kappa shape index (κ3) is 3.61. The van der Waals surface area contributed by atoms with Crippen molar-refractivity contribution in [3.63, 3.8) is 0 Å². The topological polar surface area (TPSA) is 55.1 Å². The summed E-state index contributed by atoms with van der Waals surface area (Å²) >= 11 is 0. The molecule has 0 bridgehead atoms. The number of fused-ring (bicyclic) bond motifs is 1. The fourth-order valence-corrected chi connectivity index (χ4v) is 2.50. The van der Waals surface area contributed by atoms with Crippen LogP contribution in [0.4, 0.5) is 23.4 Å². The van der Waals surface area contributed by atoms with Gasteiger partial charge in [0.1, 0.15) is 11.6 Å². The molecule has 2 heterocycles. The number of halogens is 4. The van der Waals surface area contributed by atoms with Gasteiger partial charge in [-0.25, -0.2) is 4.39 Å². The van der Waals surface area contributed by atoms with Crippen molar-refractivity contribution in [1.82, 2.24) is 19.8 Å². The molecule has 3 aromatic rings. The summed E-state index contributed by atoms with van der Waals surface area (Å²) in [5.74, 6) is 0.0640. The molecule has 9 heteroatoms. The molecule has 0 spiro atoms. The van der Waals surface area contributed by atoms with Crippen LogP contribution in [0.2, 0.25) is 0 Å². The summed E-state index contributed by atoms with van der Waals surface area (Å²) in [7, 11) is 0. The second-order valence-corrected chi connectivity index (χ2v) is 6.91. The Morgan fingerprint density at radius 1 is 1.04 bits per heavy atom. The lowest BCUT2D eigenvalue weighted by molar-refractivity contribution is -0.138. The van der Waals surface area contributed by atoms with Gasteiger partial charge in [-0.2, -0.15) is 17.7 Å². The van der Waals surface area contributed by atoms with Crippen molar-refractivity contribution in [2.45, 2.75) is 38.9 Å². The molecule has 0 amide bonds. The maximum absolute atomic E-state index is 13.2. The van der Waals surface area contributed by atoms with Gasteiger partial charge in [-0.15, -0.1) is 15.3 Å². The monoisotopic (exact) mass is 367 g/mol. The lowest BCUT2D eigenvalue weighted by Gasteiger charge is -2.16. The first-order valence-electron chi connectivity index (χ1n) is 7.88. The van der Waals surface area contributed by atoms with Crippen molar-refractivity contribution in [3.05, 3.63) is 53.1 Å². The Balaban J connectivity index is 1.89. The minimum absolute atomic E-state index is 0.0689. The van der Waals surface area contributed by atoms with Crippen molar-refractivity contribution >= 4 is 11.5 Å². The van der Waals surface area contributed by atoms with Gasteiger partial charge in [-0.1, -0.05) is 26.8 Å². The van der Waals surface area contributed by atoms with E-state index in [1.165, 1.54) is 0 Å². The molecule has 0 fully saturated rings. The second-order valence-electron chi connectivity index (χ2n) is 6.91. The van der Waals surface area contributed by atoms with Crippen LogP contribution in [0.5, 0.6) is 0 Å². The SMILES string of the molecule is CC(C)(C)c1nnc2ccc(NCc3ccc(F)cc3C(F)(F)F)nn12. The molecule has 1 aromatic carbocycles. The smallest absolute Gasteiger partial charge is 0.365 e. The van der Waals surface area contributed by atoms with Crippen LogP contribution in [-0.2, 0) is 18.1 Å². The van der Waals surface area contributed by atoms with E-state index in [-0.39, 0.29) is 17.5 Å². The molecule has 0 aliphatic carbocycles. The van der Waals surface area contributed by atoms with Gasteiger partial charge < -0.3 is 5.32 Å². The second kappa shape index (κ2) is 6.22. The van der Waals surface area contributed by atoms with Crippen LogP contribution in [0, 0.1) is 5.82 Å². The molecule has 5 nitrogen and oxygen atoms in total. The van der Waals surface area contributed by atoms with Crippen molar-refractivity contribution in [2.75, 3.05) is 5.32 Å². The zero-order valence-electron chi connectivity index (χ0n) is 14.4. The zero-order chi connectivity index (χ0) is 19.1. The summed E-state index contributed by atoms with van der Waals surface area (Å²) in [6.07, 6.45) is -4.63. The molecule has 138 valence electrons. The van der Waals surface area contributed by atoms with Crippen molar-refractivity contribution in [1.29, 1.82) is 0 Å². The van der Waals surface area contributed by atoms with E-state index in [0.717, 1.165) is 12.1 Å². The summed E-state index contributed by atoms with van der Waals surface area (Å²) in [6.45, 7) is 5.72. The molecule has 2 aromatic heterocycles. The average Bonchev–Trinajstić information content (AvgIpc) is 2.96. The maximum atomic E-state index is 13.2. The van der Waals surface area contributed by atoms with Crippen LogP contribution in [0.15, 0.2) is 30.3 Å². The molecular formula is C17H17F4N5. The maximum Gasteiger partial charge on any atom is 0.416 e. The first-order valence-corrected chi connectivity index (χ1v) is 7.88. The molecule has 1 N–H and O–H groups in total. The Bertz CT molecular complexity index is 940. The summed E-state index contributed by atoms with van der Waals surface area (Å²) < 4.78 is 54.0. The largest absolute Gasteiger partial charge is 0.416 e. The molecule has 3 rings (SSSR count). The van der Waals surface area contributed by atoms with Gasteiger partial charge in [-0.05, 0) is 29.8 Å². The average molecular weight is 367 g/mol. The molecule has 26 heavy (non-hydrogen) atoms. The van der Waals surface area contributed by atoms with Crippen LogP contribution in [0.1, 0.15) is 37.7 Å². The zero-order valence-corrected chi connectivity index (χ0v) is 14.4. The Labute approximate surface area is 147 Å². The van der Waals surface area contributed by atoms with Crippen LogP contribution >= 0.6 is 0 Å². The normalized spacial score (nSPS) is 12.6. The Kier molecular flexibility index (Phi) is 4.33. The predicted octanol–water partition coefficient (Wildman–Crippen LogP) is 4.19. The first-order chi connectivity index (χ1) is 12.1. The van der Waals surface area contributed by atoms with Crippen molar-refractivity contribution in [3.8, 4) is 0 Å². The molecule has 0 saturated carbocycles. The number of rotatable bonds is 3. The number of alkyl halides is 3. The third-order valence-electron chi connectivity index (χ3n) is 3.77. The summed E-state index contributed by atoms with van der Waals surface area (Å²) in [4.78, 5) is 0. The highest BCUT2D eigenvalue weighted by Crippen LogP contribution is 2.32. The molecule has 0 atom stereocenters. The van der Waals surface area contributed by atoms with E-state index in [1.807, 2.05) is 20.8 Å². The van der Waals surface area contributed by atoms with E-state index in [0.29, 0.717) is 23.4 Å². The van der Waals surface area contributed by atoms with Crippen LogP contribution in [-0.4, -0.2) is 19.8 Å². The standard InChI is InChI=1S/C17H17F4N5/c1-16(2,3)15-24-23-14-7-6-13(25-26(14)15)22-9-10-4-5-11(18)8-12(10)17(19,20)21/h4-8H,9H2,1-3H3,(H,22,25). The van der Waals surface area contributed by atoms with E-state index < -0.39 is 17.6 Å². The number of aromatic nitrogens is 4. The minimum atomic E-state index is -4.63. The molecule has 0 saturated heterocycles. The van der Waals surface area contributed by atoms with Crippen LogP contribution < -0.4 is 5.32 Å². The molecule has 0 aliphatic heterocycles. The van der Waals surface area contributed by atoms with E-state index in [9.17, 15) is 17.6 Å². The van der Waals surface area contributed by atoms with Gasteiger partial charge >= 0.3 is 6.18 Å². The highest BCUT2D eigenvalue weighted by molar-refractivity contribution is 5.45. The Morgan fingerprint density at radius 3 is 2.42 bits per heavy atom. The van der Waals surface area contributed by atoms with Gasteiger partial charge in [-0.3, -0.25) is 0 Å². The van der Waals surface area contributed by atoms with Crippen molar-refractivity contribution in [2.24, 2.45) is 0 Å². The number of hydrogen-bond donors (Lipinski definition) is 1. The van der Waals surface area contributed by atoms with E-state index in [1.54, 1.807) is 16.6 Å². The molecule has 0 radical (unpaired) electrons. The lowest BCUT2D eigenvalue weighted by atomic mass is 9.96. The number of nitrogens with one attached hydrogen (secondary N) is 1. The third-order valence-corrected chi connectivity index (χ3v) is 3.77. The van der Waals surface area contributed by atoms with Crippen molar-refractivity contribution < 1.29 is 17.6 Å².